The Morgan fingerprint density at radius 2 is 2.09 bits per heavy atom. The Morgan fingerprint density at radius 3 is 2.82 bits per heavy atom. The van der Waals surface area contributed by atoms with Gasteiger partial charge in [-0.25, -0.2) is 4.98 Å². The van der Waals surface area contributed by atoms with Gasteiger partial charge in [-0.1, -0.05) is 30.3 Å². The van der Waals surface area contributed by atoms with Crippen molar-refractivity contribution in [1.29, 1.82) is 0 Å². The number of amides is 1. The number of hydrogen-bond acceptors (Lipinski definition) is 4. The van der Waals surface area contributed by atoms with E-state index in [1.807, 2.05) is 43.3 Å². The van der Waals surface area contributed by atoms with Crippen molar-refractivity contribution in [1.82, 2.24) is 14.9 Å². The molecule has 1 aromatic carbocycles. The molecule has 0 aliphatic heterocycles. The highest BCUT2D eigenvalue weighted by atomic mass is 32.1. The second-order valence-corrected chi connectivity index (χ2v) is 5.86. The Labute approximate surface area is 131 Å². The molecule has 22 heavy (non-hydrogen) atoms. The molecule has 0 bridgehead atoms. The number of benzene rings is 1. The standard InChI is InChI=1S/C16H15N3O2S/c1-2-17-14(20)9-19-10-18-15-12(16(19)21)8-13(22-15)11-6-4-3-5-7-11/h3-8,10H,2,9H2,1H3,(H,17,20). The molecule has 112 valence electrons. The molecule has 0 aliphatic carbocycles. The summed E-state index contributed by atoms with van der Waals surface area (Å²) in [5, 5.41) is 3.23. The van der Waals surface area contributed by atoms with E-state index in [1.54, 1.807) is 0 Å². The number of rotatable bonds is 4. The van der Waals surface area contributed by atoms with Crippen LogP contribution in [-0.2, 0) is 11.3 Å². The molecule has 0 radical (unpaired) electrons. The lowest BCUT2D eigenvalue weighted by atomic mass is 10.2. The molecule has 0 saturated heterocycles. The number of nitrogens with zero attached hydrogens (tertiary/aromatic N) is 2. The van der Waals surface area contributed by atoms with Gasteiger partial charge in [-0.05, 0) is 18.6 Å². The maximum absolute atomic E-state index is 12.5. The summed E-state index contributed by atoms with van der Waals surface area (Å²) in [5.41, 5.74) is 0.870. The molecule has 0 atom stereocenters. The van der Waals surface area contributed by atoms with Gasteiger partial charge in [0.15, 0.2) is 0 Å². The number of aromatic nitrogens is 2. The van der Waals surface area contributed by atoms with Crippen LogP contribution in [-0.4, -0.2) is 22.0 Å². The van der Waals surface area contributed by atoms with Gasteiger partial charge in [-0.3, -0.25) is 14.2 Å². The maximum Gasteiger partial charge on any atom is 0.262 e. The molecule has 0 spiro atoms. The summed E-state index contributed by atoms with van der Waals surface area (Å²) in [4.78, 5) is 30.1. The van der Waals surface area contributed by atoms with Crippen LogP contribution in [0.1, 0.15) is 6.92 Å². The van der Waals surface area contributed by atoms with Gasteiger partial charge < -0.3 is 5.32 Å². The normalized spacial score (nSPS) is 10.8. The summed E-state index contributed by atoms with van der Waals surface area (Å²) >= 11 is 1.48. The highest BCUT2D eigenvalue weighted by molar-refractivity contribution is 7.21. The highest BCUT2D eigenvalue weighted by Gasteiger charge is 2.11. The lowest BCUT2D eigenvalue weighted by Gasteiger charge is -2.04. The third kappa shape index (κ3) is 2.78. The number of hydrogen-bond donors (Lipinski definition) is 1. The topological polar surface area (TPSA) is 64.0 Å². The van der Waals surface area contributed by atoms with E-state index in [0.717, 1.165) is 10.4 Å². The summed E-state index contributed by atoms with van der Waals surface area (Å²) in [6.45, 7) is 2.37. The molecule has 0 saturated carbocycles. The van der Waals surface area contributed by atoms with E-state index in [0.29, 0.717) is 16.8 Å². The summed E-state index contributed by atoms with van der Waals surface area (Å²) in [6.07, 6.45) is 1.44. The van der Waals surface area contributed by atoms with Gasteiger partial charge in [0, 0.05) is 11.4 Å². The fraction of sp³-hybridized carbons (Fsp3) is 0.188. The van der Waals surface area contributed by atoms with Crippen molar-refractivity contribution < 1.29 is 4.79 Å². The van der Waals surface area contributed by atoms with Gasteiger partial charge in [-0.2, -0.15) is 0 Å². The molecule has 2 aromatic heterocycles. The van der Waals surface area contributed by atoms with E-state index in [-0.39, 0.29) is 18.0 Å². The zero-order valence-electron chi connectivity index (χ0n) is 12.1. The van der Waals surface area contributed by atoms with E-state index < -0.39 is 0 Å². The predicted octanol–water partition coefficient (Wildman–Crippen LogP) is 2.26. The van der Waals surface area contributed by atoms with Gasteiger partial charge in [0.05, 0.1) is 11.7 Å². The zero-order chi connectivity index (χ0) is 15.5. The Balaban J connectivity index is 2.01. The molecule has 0 unspecified atom stereocenters. The van der Waals surface area contributed by atoms with E-state index >= 15 is 0 Å². The number of carbonyl (C=O) groups excluding carboxylic acids is 1. The molecule has 3 aromatic rings. The molecular weight excluding hydrogens is 298 g/mol. The molecule has 5 nitrogen and oxygen atoms in total. The van der Waals surface area contributed by atoms with Crippen molar-refractivity contribution in [3.8, 4) is 10.4 Å². The Bertz CT molecular complexity index is 868. The summed E-state index contributed by atoms with van der Waals surface area (Å²) < 4.78 is 1.34. The van der Waals surface area contributed by atoms with Crippen LogP contribution in [0, 0.1) is 0 Å². The number of fused-ring (bicyclic) bond motifs is 1. The number of nitrogens with one attached hydrogen (secondary N) is 1. The smallest absolute Gasteiger partial charge is 0.262 e. The molecule has 1 amide bonds. The Kier molecular flexibility index (Phi) is 4.02. The first-order chi connectivity index (χ1) is 10.7. The van der Waals surface area contributed by atoms with E-state index in [9.17, 15) is 9.59 Å². The number of likely N-dealkylation sites (N-methyl/N-ethyl adjacent to an activating group) is 1. The van der Waals surface area contributed by atoms with E-state index in [1.165, 1.54) is 22.2 Å². The van der Waals surface area contributed by atoms with Crippen molar-refractivity contribution in [2.75, 3.05) is 6.54 Å². The van der Waals surface area contributed by atoms with Crippen LogP contribution < -0.4 is 10.9 Å². The monoisotopic (exact) mass is 313 g/mol. The summed E-state index contributed by atoms with van der Waals surface area (Å²) in [5.74, 6) is -0.190. The minimum atomic E-state index is -0.190. The molecular formula is C16H15N3O2S. The van der Waals surface area contributed by atoms with E-state index in [2.05, 4.69) is 10.3 Å². The quantitative estimate of drug-likeness (QED) is 0.803. The average molecular weight is 313 g/mol. The fourth-order valence-electron chi connectivity index (χ4n) is 2.22. The largest absolute Gasteiger partial charge is 0.355 e. The van der Waals surface area contributed by atoms with Crippen LogP contribution in [0.2, 0.25) is 0 Å². The number of carbonyl (C=O) groups is 1. The van der Waals surface area contributed by atoms with Crippen molar-refractivity contribution in [3.63, 3.8) is 0 Å². The van der Waals surface area contributed by atoms with Gasteiger partial charge >= 0.3 is 0 Å². The molecule has 0 aliphatic rings. The second-order valence-electron chi connectivity index (χ2n) is 4.83. The molecule has 3 rings (SSSR count). The first-order valence-electron chi connectivity index (χ1n) is 7.00. The summed E-state index contributed by atoms with van der Waals surface area (Å²) in [6, 6.07) is 11.7. The van der Waals surface area contributed by atoms with Crippen molar-refractivity contribution in [3.05, 3.63) is 53.1 Å². The SMILES string of the molecule is CCNC(=O)Cn1cnc2sc(-c3ccccc3)cc2c1=O. The predicted molar refractivity (Wildman–Crippen MR) is 88.0 cm³/mol. The van der Waals surface area contributed by atoms with Crippen LogP contribution in [0.3, 0.4) is 0 Å². The third-order valence-electron chi connectivity index (χ3n) is 3.26. The van der Waals surface area contributed by atoms with Crippen LogP contribution in [0.5, 0.6) is 0 Å². The first-order valence-corrected chi connectivity index (χ1v) is 7.82. The van der Waals surface area contributed by atoms with Crippen LogP contribution in [0.4, 0.5) is 0 Å². The second kappa shape index (κ2) is 6.11. The summed E-state index contributed by atoms with van der Waals surface area (Å²) in [7, 11) is 0. The van der Waals surface area contributed by atoms with Crippen LogP contribution in [0.25, 0.3) is 20.7 Å². The Hall–Kier alpha value is -2.47. The molecule has 0 fully saturated rings. The van der Waals surface area contributed by atoms with Gasteiger partial charge in [0.25, 0.3) is 5.56 Å². The lowest BCUT2D eigenvalue weighted by Crippen LogP contribution is -2.32. The minimum absolute atomic E-state index is 0.00781. The molecule has 1 N–H and O–H groups in total. The maximum atomic E-state index is 12.5. The zero-order valence-corrected chi connectivity index (χ0v) is 12.9. The van der Waals surface area contributed by atoms with E-state index in [4.69, 9.17) is 0 Å². The van der Waals surface area contributed by atoms with Crippen LogP contribution >= 0.6 is 11.3 Å². The van der Waals surface area contributed by atoms with Crippen molar-refractivity contribution in [2.45, 2.75) is 13.5 Å². The van der Waals surface area contributed by atoms with Gasteiger partial charge in [0.2, 0.25) is 5.91 Å². The van der Waals surface area contributed by atoms with Crippen molar-refractivity contribution >= 4 is 27.5 Å². The lowest BCUT2D eigenvalue weighted by molar-refractivity contribution is -0.121. The third-order valence-corrected chi connectivity index (χ3v) is 4.36. The first kappa shape index (κ1) is 14.5. The van der Waals surface area contributed by atoms with Gasteiger partial charge in [-0.15, -0.1) is 11.3 Å². The average Bonchev–Trinajstić information content (AvgIpc) is 2.96. The molecule has 2 heterocycles. The Morgan fingerprint density at radius 1 is 1.32 bits per heavy atom. The highest BCUT2D eigenvalue weighted by Crippen LogP contribution is 2.30. The van der Waals surface area contributed by atoms with Gasteiger partial charge in [0.1, 0.15) is 11.4 Å². The van der Waals surface area contributed by atoms with Crippen LogP contribution in [0.15, 0.2) is 47.5 Å². The number of thiophene rings is 1. The fourth-order valence-corrected chi connectivity index (χ4v) is 3.22. The molecule has 6 heteroatoms. The minimum Gasteiger partial charge on any atom is -0.355 e. The van der Waals surface area contributed by atoms with Crippen molar-refractivity contribution in [2.24, 2.45) is 0 Å².